The van der Waals surface area contributed by atoms with Crippen LogP contribution in [0.4, 0.5) is 5.69 Å². The van der Waals surface area contributed by atoms with E-state index in [0.717, 1.165) is 25.1 Å². The lowest BCUT2D eigenvalue weighted by Crippen LogP contribution is -2.47. The molecule has 2 amide bonds. The van der Waals surface area contributed by atoms with Gasteiger partial charge in [-0.15, -0.1) is 0 Å². The number of hydrogen-bond acceptors (Lipinski definition) is 4. The van der Waals surface area contributed by atoms with Gasteiger partial charge in [0.05, 0.1) is 10.7 Å². The highest BCUT2D eigenvalue weighted by Crippen LogP contribution is 2.24. The summed E-state index contributed by atoms with van der Waals surface area (Å²) in [5, 5.41) is 6.10. The molecule has 2 aromatic carbocycles. The molecule has 1 aliphatic heterocycles. The van der Waals surface area contributed by atoms with Crippen molar-refractivity contribution < 1.29 is 9.59 Å². The number of aryl methyl sites for hydroxylation is 1. The number of halogens is 1. The third kappa shape index (κ3) is 5.56. The summed E-state index contributed by atoms with van der Waals surface area (Å²) in [5.74, 6) is -0.357. The van der Waals surface area contributed by atoms with Crippen molar-refractivity contribution in [3.63, 3.8) is 0 Å². The van der Waals surface area contributed by atoms with Crippen LogP contribution in [0.5, 0.6) is 0 Å². The molecule has 0 aliphatic carbocycles. The molecule has 0 spiro atoms. The van der Waals surface area contributed by atoms with Gasteiger partial charge in [-0.05, 0) is 61.6 Å². The van der Waals surface area contributed by atoms with Crippen LogP contribution in [-0.2, 0) is 6.42 Å². The molecule has 1 saturated heterocycles. The number of piperazine rings is 1. The highest BCUT2D eigenvalue weighted by atomic mass is 35.5. The van der Waals surface area contributed by atoms with Gasteiger partial charge in [0.2, 0.25) is 0 Å². The number of benzene rings is 2. The highest BCUT2D eigenvalue weighted by molar-refractivity contribution is 7.80. The lowest BCUT2D eigenvalue weighted by atomic mass is 10.1. The minimum atomic E-state index is -0.309. The summed E-state index contributed by atoms with van der Waals surface area (Å²) in [5.41, 5.74) is 2.67. The molecule has 2 N–H and O–H groups in total. The fraction of sp³-hybridized carbons (Fsp3) is 0.318. The van der Waals surface area contributed by atoms with Crippen molar-refractivity contribution >= 4 is 46.4 Å². The Morgan fingerprint density at radius 3 is 2.30 bits per heavy atom. The Morgan fingerprint density at radius 1 is 1.03 bits per heavy atom. The Kier molecular flexibility index (Phi) is 7.42. The van der Waals surface area contributed by atoms with E-state index in [1.54, 1.807) is 30.3 Å². The Labute approximate surface area is 187 Å². The number of carbonyl (C=O) groups is 2. The van der Waals surface area contributed by atoms with Crippen molar-refractivity contribution in [1.82, 2.24) is 15.1 Å². The minimum Gasteiger partial charge on any atom is -0.336 e. The van der Waals surface area contributed by atoms with Crippen LogP contribution < -0.4 is 10.6 Å². The maximum absolute atomic E-state index is 12.8. The van der Waals surface area contributed by atoms with Gasteiger partial charge in [-0.2, -0.15) is 0 Å². The Balaban J connectivity index is 1.65. The lowest BCUT2D eigenvalue weighted by molar-refractivity contribution is 0.0664. The Morgan fingerprint density at radius 2 is 1.67 bits per heavy atom. The summed E-state index contributed by atoms with van der Waals surface area (Å²) in [6.45, 7) is 5.12. The number of nitrogens with one attached hydrogen (secondary N) is 2. The molecule has 0 atom stereocenters. The van der Waals surface area contributed by atoms with Gasteiger partial charge in [0.1, 0.15) is 0 Å². The van der Waals surface area contributed by atoms with E-state index in [9.17, 15) is 9.59 Å². The van der Waals surface area contributed by atoms with Gasteiger partial charge in [-0.25, -0.2) is 0 Å². The number of amides is 2. The van der Waals surface area contributed by atoms with Crippen LogP contribution in [0.3, 0.4) is 0 Å². The fourth-order valence-electron chi connectivity index (χ4n) is 3.17. The molecule has 6 nitrogen and oxygen atoms in total. The molecule has 3 rings (SSSR count). The summed E-state index contributed by atoms with van der Waals surface area (Å²) < 4.78 is 0. The molecule has 0 unspecified atom stereocenters. The van der Waals surface area contributed by atoms with Crippen molar-refractivity contribution in [1.29, 1.82) is 0 Å². The van der Waals surface area contributed by atoms with E-state index >= 15 is 0 Å². The van der Waals surface area contributed by atoms with Gasteiger partial charge in [0, 0.05) is 37.3 Å². The molecule has 8 heteroatoms. The first-order valence-corrected chi connectivity index (χ1v) is 10.6. The number of rotatable bonds is 4. The number of hydrogen-bond donors (Lipinski definition) is 2. The van der Waals surface area contributed by atoms with Crippen molar-refractivity contribution in [2.24, 2.45) is 0 Å². The standard InChI is InChI=1S/C22H25ClN4O2S/c1-3-15-4-6-16(7-5-15)20(28)25-22(30)24-19-14-17(8-9-18(19)23)21(29)27-12-10-26(2)11-13-27/h4-9,14H,3,10-13H2,1-2H3,(H2,24,25,28,30). The topological polar surface area (TPSA) is 64.7 Å². The molecule has 0 aromatic heterocycles. The van der Waals surface area contributed by atoms with Crippen LogP contribution in [0.15, 0.2) is 42.5 Å². The average Bonchev–Trinajstić information content (AvgIpc) is 2.75. The molecule has 0 bridgehead atoms. The molecule has 30 heavy (non-hydrogen) atoms. The van der Waals surface area contributed by atoms with Crippen LogP contribution >= 0.6 is 23.8 Å². The molecular weight excluding hydrogens is 420 g/mol. The molecule has 2 aromatic rings. The zero-order valence-corrected chi connectivity index (χ0v) is 18.6. The predicted octanol–water partition coefficient (Wildman–Crippen LogP) is 3.42. The summed E-state index contributed by atoms with van der Waals surface area (Å²) >= 11 is 11.5. The van der Waals surface area contributed by atoms with Crippen molar-refractivity contribution in [2.45, 2.75) is 13.3 Å². The van der Waals surface area contributed by atoms with E-state index in [0.29, 0.717) is 34.9 Å². The third-order valence-electron chi connectivity index (χ3n) is 5.10. The average molecular weight is 445 g/mol. The molecule has 0 radical (unpaired) electrons. The Hall–Kier alpha value is -2.48. The SMILES string of the molecule is CCc1ccc(C(=O)NC(=S)Nc2cc(C(=O)N3CCN(C)CC3)ccc2Cl)cc1. The number of thiocarbonyl (C=S) groups is 1. The van der Waals surface area contributed by atoms with Gasteiger partial charge in [-0.3, -0.25) is 14.9 Å². The van der Waals surface area contributed by atoms with Crippen LogP contribution in [0.25, 0.3) is 0 Å². The van der Waals surface area contributed by atoms with Crippen molar-refractivity contribution in [3.8, 4) is 0 Å². The number of nitrogens with zero attached hydrogens (tertiary/aromatic N) is 2. The first-order valence-electron chi connectivity index (χ1n) is 9.86. The quantitative estimate of drug-likeness (QED) is 0.707. The maximum Gasteiger partial charge on any atom is 0.257 e. The molecule has 1 heterocycles. The summed E-state index contributed by atoms with van der Waals surface area (Å²) in [4.78, 5) is 29.2. The van der Waals surface area contributed by atoms with Gasteiger partial charge in [0.15, 0.2) is 5.11 Å². The third-order valence-corrected chi connectivity index (χ3v) is 5.64. The van der Waals surface area contributed by atoms with Gasteiger partial charge in [0.25, 0.3) is 11.8 Å². The maximum atomic E-state index is 12.8. The lowest BCUT2D eigenvalue weighted by Gasteiger charge is -2.32. The second-order valence-corrected chi connectivity index (χ2v) is 8.06. The second kappa shape index (κ2) is 10.0. The zero-order chi connectivity index (χ0) is 21.7. The van der Waals surface area contributed by atoms with Crippen molar-refractivity contribution in [3.05, 3.63) is 64.2 Å². The first-order chi connectivity index (χ1) is 14.4. The fourth-order valence-corrected chi connectivity index (χ4v) is 3.53. The van der Waals surface area contributed by atoms with Crippen LogP contribution in [0.1, 0.15) is 33.2 Å². The monoisotopic (exact) mass is 444 g/mol. The van der Waals surface area contributed by atoms with E-state index in [4.69, 9.17) is 23.8 Å². The minimum absolute atomic E-state index is 0.0474. The number of anilines is 1. The summed E-state index contributed by atoms with van der Waals surface area (Å²) in [6, 6.07) is 12.4. The number of likely N-dealkylation sites (N-methyl/N-ethyl adjacent to an activating group) is 1. The van der Waals surface area contributed by atoms with Gasteiger partial charge in [-0.1, -0.05) is 30.7 Å². The summed E-state index contributed by atoms with van der Waals surface area (Å²) in [7, 11) is 2.04. The largest absolute Gasteiger partial charge is 0.336 e. The smallest absolute Gasteiger partial charge is 0.257 e. The number of carbonyl (C=O) groups excluding carboxylic acids is 2. The van der Waals surface area contributed by atoms with E-state index in [-0.39, 0.29) is 16.9 Å². The second-order valence-electron chi connectivity index (χ2n) is 7.25. The molecular formula is C22H25ClN4O2S. The van der Waals surface area contributed by atoms with Crippen LogP contribution in [0, 0.1) is 0 Å². The van der Waals surface area contributed by atoms with Crippen molar-refractivity contribution in [2.75, 3.05) is 38.5 Å². The van der Waals surface area contributed by atoms with Crippen LogP contribution in [-0.4, -0.2) is 60.0 Å². The van der Waals surface area contributed by atoms with Crippen LogP contribution in [0.2, 0.25) is 5.02 Å². The normalized spacial score (nSPS) is 14.3. The first kappa shape index (κ1) is 22.2. The van der Waals surface area contributed by atoms with E-state index in [1.165, 1.54) is 0 Å². The van der Waals surface area contributed by atoms with Gasteiger partial charge >= 0.3 is 0 Å². The predicted molar refractivity (Wildman–Crippen MR) is 124 cm³/mol. The molecule has 0 saturated carbocycles. The molecule has 1 fully saturated rings. The Bertz CT molecular complexity index is 941. The summed E-state index contributed by atoms with van der Waals surface area (Å²) in [6.07, 6.45) is 0.906. The van der Waals surface area contributed by atoms with E-state index < -0.39 is 0 Å². The van der Waals surface area contributed by atoms with E-state index in [2.05, 4.69) is 22.5 Å². The zero-order valence-electron chi connectivity index (χ0n) is 17.1. The van der Waals surface area contributed by atoms with Gasteiger partial charge < -0.3 is 15.1 Å². The molecule has 158 valence electrons. The highest BCUT2D eigenvalue weighted by Gasteiger charge is 2.21. The van der Waals surface area contributed by atoms with E-state index in [1.807, 2.05) is 24.1 Å². The molecule has 1 aliphatic rings.